The second-order valence-electron chi connectivity index (χ2n) is 5.45. The van der Waals surface area contributed by atoms with E-state index >= 15 is 0 Å². The van der Waals surface area contributed by atoms with Crippen molar-refractivity contribution in [1.29, 1.82) is 0 Å². The fourth-order valence-corrected chi connectivity index (χ4v) is 5.35. The molecule has 122 valence electrons. The molecular formula is C17H13FN2O2S2. The predicted octanol–water partition coefficient (Wildman–Crippen LogP) is 3.70. The Hall–Kier alpha value is -2.25. The Morgan fingerprint density at radius 2 is 1.83 bits per heavy atom. The highest BCUT2D eigenvalue weighted by atomic mass is 32.2. The Kier molecular flexibility index (Phi) is 3.62. The minimum Gasteiger partial charge on any atom is -0.264 e. The second-order valence-corrected chi connectivity index (χ2v) is 8.12. The van der Waals surface area contributed by atoms with Crippen LogP contribution in [0.5, 0.6) is 0 Å². The first-order chi connectivity index (χ1) is 11.6. The summed E-state index contributed by atoms with van der Waals surface area (Å²) in [5.74, 6) is -0.336. The number of hydrogen-bond donors (Lipinski definition) is 0. The van der Waals surface area contributed by atoms with Crippen molar-refractivity contribution < 1.29 is 12.8 Å². The van der Waals surface area contributed by atoms with Gasteiger partial charge < -0.3 is 0 Å². The molecule has 7 heteroatoms. The van der Waals surface area contributed by atoms with E-state index < -0.39 is 10.0 Å². The molecule has 0 fully saturated rings. The van der Waals surface area contributed by atoms with Crippen LogP contribution in [0.15, 0.2) is 58.9 Å². The first-order valence-electron chi connectivity index (χ1n) is 7.38. The number of para-hydroxylation sites is 1. The van der Waals surface area contributed by atoms with Crippen LogP contribution in [0.1, 0.15) is 5.56 Å². The molecule has 0 saturated heterocycles. The van der Waals surface area contributed by atoms with Crippen molar-refractivity contribution in [2.75, 3.05) is 10.8 Å². The summed E-state index contributed by atoms with van der Waals surface area (Å²) in [6.45, 7) is 0.422. The zero-order valence-electron chi connectivity index (χ0n) is 12.5. The fraction of sp³-hybridized carbons (Fsp3) is 0.118. The van der Waals surface area contributed by atoms with Crippen molar-refractivity contribution in [1.82, 2.24) is 4.98 Å². The number of sulfonamides is 1. The number of fused-ring (bicyclic) bond motifs is 1. The lowest BCUT2D eigenvalue weighted by Gasteiger charge is -2.17. The third-order valence-corrected chi connectivity index (χ3v) is 6.71. The summed E-state index contributed by atoms with van der Waals surface area (Å²) in [6.07, 6.45) is 0.699. The number of rotatable bonds is 3. The highest BCUT2D eigenvalue weighted by Gasteiger charge is 2.32. The first kappa shape index (κ1) is 15.3. The van der Waals surface area contributed by atoms with Gasteiger partial charge in [-0.15, -0.1) is 11.3 Å². The van der Waals surface area contributed by atoms with E-state index in [1.165, 1.54) is 33.2 Å². The van der Waals surface area contributed by atoms with Crippen LogP contribution in [0.2, 0.25) is 0 Å². The normalized spacial score (nSPS) is 14.0. The number of anilines is 1. The molecule has 0 saturated carbocycles. The molecule has 2 heterocycles. The average molecular weight is 360 g/mol. The van der Waals surface area contributed by atoms with Crippen LogP contribution in [0.4, 0.5) is 10.1 Å². The molecule has 4 rings (SSSR count). The van der Waals surface area contributed by atoms with Crippen LogP contribution in [0, 0.1) is 5.82 Å². The maximum absolute atomic E-state index is 13.0. The topological polar surface area (TPSA) is 50.3 Å². The van der Waals surface area contributed by atoms with Gasteiger partial charge in [0.25, 0.3) is 10.0 Å². The standard InChI is InChI=1S/C17H13FN2O2S2/c18-14-7-5-13(6-8-14)17-19-16(11-23-17)24(21,22)20-10-9-12-3-1-2-4-15(12)20/h1-8,11H,9-10H2. The number of nitrogens with zero attached hydrogens (tertiary/aromatic N) is 2. The zero-order valence-corrected chi connectivity index (χ0v) is 14.1. The summed E-state index contributed by atoms with van der Waals surface area (Å²) in [5, 5.41) is 2.12. The number of halogens is 1. The van der Waals surface area contributed by atoms with E-state index in [1.807, 2.05) is 24.3 Å². The van der Waals surface area contributed by atoms with Crippen LogP contribution in [0.25, 0.3) is 10.6 Å². The summed E-state index contributed by atoms with van der Waals surface area (Å²) >= 11 is 1.24. The number of aromatic nitrogens is 1. The summed E-state index contributed by atoms with van der Waals surface area (Å²) < 4.78 is 40.2. The van der Waals surface area contributed by atoms with Gasteiger partial charge in [-0.2, -0.15) is 8.42 Å². The summed E-state index contributed by atoms with van der Waals surface area (Å²) in [5.41, 5.74) is 2.44. The van der Waals surface area contributed by atoms with Crippen molar-refractivity contribution >= 4 is 27.0 Å². The second kappa shape index (κ2) is 5.68. The summed E-state index contributed by atoms with van der Waals surface area (Å²) in [7, 11) is -3.69. The lowest BCUT2D eigenvalue weighted by atomic mass is 10.2. The van der Waals surface area contributed by atoms with Crippen molar-refractivity contribution in [3.63, 3.8) is 0 Å². The maximum Gasteiger partial charge on any atom is 0.282 e. The van der Waals surface area contributed by atoms with Gasteiger partial charge in [-0.05, 0) is 42.3 Å². The average Bonchev–Trinajstić information content (AvgIpc) is 3.23. The molecule has 0 N–H and O–H groups in total. The lowest BCUT2D eigenvalue weighted by Crippen LogP contribution is -2.29. The van der Waals surface area contributed by atoms with E-state index in [2.05, 4.69) is 4.98 Å². The van der Waals surface area contributed by atoms with Gasteiger partial charge >= 0.3 is 0 Å². The van der Waals surface area contributed by atoms with E-state index in [9.17, 15) is 12.8 Å². The highest BCUT2D eigenvalue weighted by molar-refractivity contribution is 7.92. The van der Waals surface area contributed by atoms with Gasteiger partial charge in [0, 0.05) is 17.5 Å². The van der Waals surface area contributed by atoms with Crippen LogP contribution < -0.4 is 4.31 Å². The van der Waals surface area contributed by atoms with Crippen LogP contribution in [0.3, 0.4) is 0 Å². The van der Waals surface area contributed by atoms with E-state index in [0.29, 0.717) is 29.2 Å². The maximum atomic E-state index is 13.0. The number of thiazole rings is 1. The molecule has 0 bridgehead atoms. The van der Waals surface area contributed by atoms with Crippen molar-refractivity contribution in [2.24, 2.45) is 0 Å². The molecule has 0 amide bonds. The van der Waals surface area contributed by atoms with Crippen molar-refractivity contribution in [3.8, 4) is 10.6 Å². The van der Waals surface area contributed by atoms with Gasteiger partial charge in [0.1, 0.15) is 10.8 Å². The number of benzene rings is 2. The van der Waals surface area contributed by atoms with E-state index in [-0.39, 0.29) is 10.8 Å². The zero-order chi connectivity index (χ0) is 16.7. The molecule has 0 unspecified atom stereocenters. The Bertz CT molecular complexity index is 997. The van der Waals surface area contributed by atoms with E-state index in [0.717, 1.165) is 5.56 Å². The fourth-order valence-electron chi connectivity index (χ4n) is 2.77. The van der Waals surface area contributed by atoms with Crippen molar-refractivity contribution in [2.45, 2.75) is 11.4 Å². The summed E-state index contributed by atoms with van der Waals surface area (Å²) in [6, 6.07) is 13.3. The van der Waals surface area contributed by atoms with E-state index in [1.54, 1.807) is 12.1 Å². The van der Waals surface area contributed by atoms with Gasteiger partial charge in [0.05, 0.1) is 5.69 Å². The first-order valence-corrected chi connectivity index (χ1v) is 9.70. The largest absolute Gasteiger partial charge is 0.282 e. The van der Waals surface area contributed by atoms with Gasteiger partial charge in [-0.3, -0.25) is 4.31 Å². The molecule has 1 aliphatic heterocycles. The van der Waals surface area contributed by atoms with Gasteiger partial charge in [0.15, 0.2) is 5.03 Å². The molecule has 0 aliphatic carbocycles. The Morgan fingerprint density at radius 3 is 2.62 bits per heavy atom. The van der Waals surface area contributed by atoms with Crippen molar-refractivity contribution in [3.05, 3.63) is 65.3 Å². The Balaban J connectivity index is 1.70. The Labute approximate surface area is 143 Å². The predicted molar refractivity (Wildman–Crippen MR) is 92.2 cm³/mol. The third kappa shape index (κ3) is 2.50. The molecule has 0 radical (unpaired) electrons. The smallest absolute Gasteiger partial charge is 0.264 e. The summed E-state index contributed by atoms with van der Waals surface area (Å²) in [4.78, 5) is 4.27. The quantitative estimate of drug-likeness (QED) is 0.716. The van der Waals surface area contributed by atoms with Gasteiger partial charge in [0.2, 0.25) is 0 Å². The molecule has 1 aromatic heterocycles. The van der Waals surface area contributed by atoms with Gasteiger partial charge in [-0.1, -0.05) is 18.2 Å². The SMILES string of the molecule is O=S(=O)(c1csc(-c2ccc(F)cc2)n1)N1CCc2ccccc21. The minimum atomic E-state index is -3.69. The third-order valence-electron chi connectivity index (χ3n) is 3.97. The Morgan fingerprint density at radius 1 is 1.08 bits per heavy atom. The monoisotopic (exact) mass is 360 g/mol. The molecule has 0 atom stereocenters. The molecule has 3 aromatic rings. The minimum absolute atomic E-state index is 0.0310. The molecule has 4 nitrogen and oxygen atoms in total. The lowest BCUT2D eigenvalue weighted by molar-refractivity contribution is 0.589. The van der Waals surface area contributed by atoms with Crippen LogP contribution in [-0.2, 0) is 16.4 Å². The molecule has 1 aliphatic rings. The molecule has 0 spiro atoms. The highest BCUT2D eigenvalue weighted by Crippen LogP contribution is 2.34. The van der Waals surface area contributed by atoms with Crippen LogP contribution >= 0.6 is 11.3 Å². The van der Waals surface area contributed by atoms with E-state index in [4.69, 9.17) is 0 Å². The number of hydrogen-bond acceptors (Lipinski definition) is 4. The molecule has 24 heavy (non-hydrogen) atoms. The molecular weight excluding hydrogens is 347 g/mol. The molecule has 2 aromatic carbocycles. The van der Waals surface area contributed by atoms with Crippen LogP contribution in [-0.4, -0.2) is 19.9 Å². The van der Waals surface area contributed by atoms with Gasteiger partial charge in [-0.25, -0.2) is 9.37 Å².